The Labute approximate surface area is 705 Å². The predicted molar refractivity (Wildman–Crippen MR) is 476 cm³/mol. The summed E-state index contributed by atoms with van der Waals surface area (Å²) in [6.07, 6.45) is 7.38. The standard InChI is InChI=1S/C33H38N6O2.C32H36N6O2.C31H36N6O2/c1-23-19-24(2)29(36-26-13-15-37(16-14-26)30-12-8-7-9-25(30)21-34)20-28(23)33(41)38-17-18-39(27-10-5-4-6-11-27)31(22-38)32(40)35-3;1-22-18-23(2)28(35-25-12-14-36(15-13-25)29-11-7-6-8-24(29)20-33)19-27(22)32(40)37-16-17-38(30(21-37)31(34)39)26-9-4-3-5-10-26;1-22-17-23(2)28(34-25-10-13-35(14-11-25)29-8-4-3-7-24(29)19-32)18-27(22)31(39)36-15-16-37(26(20-36)21-38)30-9-5-6-12-33-30/h4-12,19-20,26,31,36H,13-18,22H2,1-3H3,(H,35,40);3-11,18-19,25,30,35H,12-17,21H2,1-2H3,(H2,34,39);3-9,12,17-18,25-26,34,38H,10-11,13-16,20-21H2,1-2H3/t31-;30-;26-/m001/s1. The first-order valence-corrected chi connectivity index (χ1v) is 41.9. The highest BCUT2D eigenvalue weighted by Gasteiger charge is 2.38. The van der Waals surface area contributed by atoms with Gasteiger partial charge in [-0.15, -0.1) is 0 Å². The molecule has 6 aliphatic heterocycles. The van der Waals surface area contributed by atoms with E-state index in [4.69, 9.17) is 5.73 Å². The topological polar surface area (TPSA) is 293 Å². The van der Waals surface area contributed by atoms with Gasteiger partial charge in [0.15, 0.2) is 0 Å². The molecule has 3 atom stereocenters. The summed E-state index contributed by atoms with van der Waals surface area (Å²) >= 11 is 0. The molecule has 1 aromatic heterocycles. The highest BCUT2D eigenvalue weighted by Crippen LogP contribution is 2.35. The second-order valence-electron chi connectivity index (χ2n) is 32.1. The zero-order chi connectivity index (χ0) is 84.5. The molecule has 0 spiro atoms. The highest BCUT2D eigenvalue weighted by atomic mass is 16.3. The molecule has 0 radical (unpaired) electrons. The number of piperazine rings is 3. The quantitative estimate of drug-likeness (QED) is 0.0465. The van der Waals surface area contributed by atoms with Crippen LogP contribution in [0.25, 0.3) is 0 Å². The van der Waals surface area contributed by atoms with E-state index >= 15 is 0 Å². The van der Waals surface area contributed by atoms with Gasteiger partial charge in [-0.25, -0.2) is 4.98 Å². The number of aromatic nitrogens is 1. The van der Waals surface area contributed by atoms with Gasteiger partial charge in [-0.1, -0.05) is 97.1 Å². The van der Waals surface area contributed by atoms with Crippen LogP contribution in [0.15, 0.2) is 194 Å². The average Bonchev–Trinajstić information content (AvgIpc) is 0.898. The molecule has 0 aliphatic carbocycles. The number of likely N-dealkylation sites (N-methyl/N-ethyl adjacent to an activating group) is 1. The van der Waals surface area contributed by atoms with Crippen LogP contribution < -0.4 is 56.4 Å². The van der Waals surface area contributed by atoms with Crippen LogP contribution in [0.5, 0.6) is 0 Å². The van der Waals surface area contributed by atoms with Crippen molar-refractivity contribution in [3.8, 4) is 18.2 Å². The number of benzene rings is 8. The first kappa shape index (κ1) is 84.8. The van der Waals surface area contributed by atoms with Gasteiger partial charge < -0.3 is 76.2 Å². The van der Waals surface area contributed by atoms with E-state index in [-0.39, 0.29) is 54.9 Å². The number of para-hydroxylation sites is 5. The molecule has 6 aliphatic rings. The third-order valence-corrected chi connectivity index (χ3v) is 24.4. The van der Waals surface area contributed by atoms with Gasteiger partial charge in [0.2, 0.25) is 11.8 Å². The number of aliphatic hydroxyl groups excluding tert-OH is 1. The summed E-state index contributed by atoms with van der Waals surface area (Å²) in [4.78, 5) is 89.4. The van der Waals surface area contributed by atoms with Gasteiger partial charge in [0, 0.05) is 162 Å². The fourth-order valence-corrected chi connectivity index (χ4v) is 17.7. The number of nitrogens with two attached hydrogens (primary N) is 1. The molecule has 7 N–H and O–H groups in total. The number of nitrogens with one attached hydrogen (secondary N) is 4. The van der Waals surface area contributed by atoms with Crippen molar-refractivity contribution in [2.24, 2.45) is 5.73 Å². The van der Waals surface area contributed by atoms with Crippen LogP contribution in [0, 0.1) is 75.5 Å². The molecule has 0 saturated carbocycles. The van der Waals surface area contributed by atoms with Crippen molar-refractivity contribution < 1.29 is 29.1 Å². The van der Waals surface area contributed by atoms with Gasteiger partial charge in [0.25, 0.3) is 17.7 Å². The van der Waals surface area contributed by atoms with Gasteiger partial charge in [0.1, 0.15) is 36.1 Å². The van der Waals surface area contributed by atoms with Crippen molar-refractivity contribution in [2.75, 3.05) is 157 Å². The summed E-state index contributed by atoms with van der Waals surface area (Å²) in [5.41, 5.74) is 23.9. The number of carbonyl (C=O) groups excluding carboxylic acids is 5. The van der Waals surface area contributed by atoms with Crippen molar-refractivity contribution in [2.45, 2.75) is 116 Å². The Morgan fingerprint density at radius 1 is 0.408 bits per heavy atom. The summed E-state index contributed by atoms with van der Waals surface area (Å²) in [6, 6.07) is 67.3. The third kappa shape index (κ3) is 19.8. The Kier molecular flexibility index (Phi) is 27.9. The number of carbonyl (C=O) groups is 5. The average molecular weight is 1610 g/mol. The highest BCUT2D eigenvalue weighted by molar-refractivity contribution is 6.00. The van der Waals surface area contributed by atoms with Crippen LogP contribution >= 0.6 is 0 Å². The van der Waals surface area contributed by atoms with E-state index in [1.165, 1.54) is 0 Å². The minimum atomic E-state index is -0.584. The van der Waals surface area contributed by atoms with Crippen molar-refractivity contribution in [1.82, 2.24) is 25.0 Å². The maximum absolute atomic E-state index is 13.9. The summed E-state index contributed by atoms with van der Waals surface area (Å²) < 4.78 is 0. The number of anilines is 9. The number of piperidine rings is 3. The third-order valence-electron chi connectivity index (χ3n) is 24.4. The molecule has 0 unspecified atom stereocenters. The fourth-order valence-electron chi connectivity index (χ4n) is 17.7. The number of nitrogens with zero attached hydrogens (tertiary/aromatic N) is 13. The molecule has 5 amide bonds. The number of nitriles is 3. The molecule has 7 heterocycles. The molecule has 6 saturated heterocycles. The van der Waals surface area contributed by atoms with Gasteiger partial charge in [-0.2, -0.15) is 15.8 Å². The minimum absolute atomic E-state index is 0.00222. The first-order chi connectivity index (χ1) is 58.2. The van der Waals surface area contributed by atoms with Crippen LogP contribution in [0.3, 0.4) is 0 Å². The molecule has 8 aromatic carbocycles. The molecule has 24 heteroatoms. The normalized spacial score (nSPS) is 17.8. The molecule has 15 rings (SSSR count). The molecular weight excluding hydrogens is 1500 g/mol. The number of hydrogen-bond acceptors (Lipinski definition) is 19. The van der Waals surface area contributed by atoms with E-state index in [1.54, 1.807) is 18.1 Å². The Morgan fingerprint density at radius 3 is 1.08 bits per heavy atom. The van der Waals surface area contributed by atoms with Crippen molar-refractivity contribution in [3.05, 3.63) is 261 Å². The largest absolute Gasteiger partial charge is 0.394 e. The number of hydrogen-bond donors (Lipinski definition) is 6. The predicted octanol–water partition coefficient (Wildman–Crippen LogP) is 12.4. The number of rotatable bonds is 18. The Morgan fingerprint density at radius 2 is 0.742 bits per heavy atom. The van der Waals surface area contributed by atoms with Crippen LogP contribution in [0.2, 0.25) is 0 Å². The molecular formula is C96H110N18O6. The zero-order valence-electron chi connectivity index (χ0n) is 69.9. The van der Waals surface area contributed by atoms with Crippen LogP contribution in [0.1, 0.15) is 120 Å². The Hall–Kier alpha value is -13.1. The van der Waals surface area contributed by atoms with Gasteiger partial charge >= 0.3 is 0 Å². The first-order valence-electron chi connectivity index (χ1n) is 41.9. The van der Waals surface area contributed by atoms with Gasteiger partial charge in [0.05, 0.1) is 59.5 Å². The van der Waals surface area contributed by atoms with Gasteiger partial charge in [-0.05, 0) is 204 Å². The number of amides is 5. The van der Waals surface area contributed by atoms with E-state index in [9.17, 15) is 44.9 Å². The van der Waals surface area contributed by atoms with E-state index in [0.717, 1.165) is 162 Å². The summed E-state index contributed by atoms with van der Waals surface area (Å²) in [5.74, 6) is 0.157. The lowest BCUT2D eigenvalue weighted by atomic mass is 9.99. The number of pyridine rings is 1. The van der Waals surface area contributed by atoms with Crippen molar-refractivity contribution >= 4 is 80.9 Å². The van der Waals surface area contributed by atoms with E-state index in [0.29, 0.717) is 91.8 Å². The number of primary amides is 1. The number of aliphatic hydroxyl groups is 1. The maximum atomic E-state index is 13.9. The lowest BCUT2D eigenvalue weighted by Crippen LogP contribution is -2.60. The molecule has 620 valence electrons. The van der Waals surface area contributed by atoms with E-state index in [1.807, 2.05) is 205 Å². The maximum Gasteiger partial charge on any atom is 0.254 e. The van der Waals surface area contributed by atoms with E-state index < -0.39 is 18.0 Å². The lowest BCUT2D eigenvalue weighted by molar-refractivity contribution is -0.122. The summed E-state index contributed by atoms with van der Waals surface area (Å²) in [7, 11) is 1.64. The Bertz CT molecular complexity index is 5240. The Balaban J connectivity index is 0.000000156. The molecule has 6 fully saturated rings. The lowest BCUT2D eigenvalue weighted by Gasteiger charge is -2.42. The molecule has 24 nitrogen and oxygen atoms in total. The van der Waals surface area contributed by atoms with Crippen LogP contribution in [0.4, 0.5) is 51.3 Å². The van der Waals surface area contributed by atoms with Crippen molar-refractivity contribution in [1.29, 1.82) is 15.8 Å². The fraction of sp³-hybridized carbons (Fsp3) is 0.365. The summed E-state index contributed by atoms with van der Waals surface area (Å²) in [5, 5.41) is 52.4. The number of aryl methyl sites for hydroxylation is 6. The molecule has 0 bridgehead atoms. The SMILES string of the molecule is CNC(=O)[C@@H]1CN(C(=O)c2cc(NC3CCN(c4ccccc4C#N)CC3)c(C)cc2C)CCN1c1ccccc1.Cc1cc(C)c(C(=O)N2CCN(c3ccccc3)[C@H](C(N)=O)C2)cc1NC1CCN(c2ccccc2C#N)CC1.Cc1cc(C)c(C(=O)N2CCN(c3ccccn3)[C@@H](CO)C2)cc1NC1CCN(c2ccccc2C#N)CC1. The second kappa shape index (κ2) is 39.4. The monoisotopic (exact) mass is 1610 g/mol. The zero-order valence-corrected chi connectivity index (χ0v) is 69.9. The van der Waals surface area contributed by atoms with Crippen molar-refractivity contribution in [3.63, 3.8) is 0 Å². The summed E-state index contributed by atoms with van der Waals surface area (Å²) in [6.45, 7) is 21.7. The van der Waals surface area contributed by atoms with Crippen LogP contribution in [-0.2, 0) is 9.59 Å². The molecule has 9 aromatic rings. The van der Waals surface area contributed by atoms with E-state index in [2.05, 4.69) is 108 Å². The minimum Gasteiger partial charge on any atom is -0.394 e. The smallest absolute Gasteiger partial charge is 0.254 e. The second-order valence-corrected chi connectivity index (χ2v) is 32.1. The molecule has 120 heavy (non-hydrogen) atoms. The van der Waals surface area contributed by atoms with Gasteiger partial charge in [-0.3, -0.25) is 24.0 Å². The van der Waals surface area contributed by atoms with Crippen LogP contribution in [-0.4, -0.2) is 202 Å².